The van der Waals surface area contributed by atoms with Crippen LogP contribution in [0, 0.1) is 0 Å². The molecule has 0 spiro atoms. The number of amides is 1. The quantitative estimate of drug-likeness (QED) is 0.804. The molecule has 1 unspecified atom stereocenters. The van der Waals surface area contributed by atoms with Crippen LogP contribution in [-0.4, -0.2) is 26.9 Å². The molecule has 0 aliphatic heterocycles. The van der Waals surface area contributed by atoms with Crippen molar-refractivity contribution in [3.05, 3.63) is 65.7 Å². The Morgan fingerprint density at radius 1 is 1.08 bits per heavy atom. The summed E-state index contributed by atoms with van der Waals surface area (Å²) in [6.45, 7) is 2.32. The van der Waals surface area contributed by atoms with E-state index in [-0.39, 0.29) is 22.6 Å². The third-order valence-corrected chi connectivity index (χ3v) is 5.28. The first-order chi connectivity index (χ1) is 11.4. The van der Waals surface area contributed by atoms with Gasteiger partial charge in [0.15, 0.2) is 9.84 Å². The molecule has 0 aromatic heterocycles. The second-order valence-electron chi connectivity index (χ2n) is 5.75. The van der Waals surface area contributed by atoms with Gasteiger partial charge in [-0.15, -0.1) is 0 Å². The standard InChI is InChI=1S/C18H22N2O3S/c1-14(19)11-12-20-18(21)17-10-6-5-7-15(17)13-24(22,23)16-8-3-2-4-9-16/h2-10,14H,11-13,19H2,1H3,(H,20,21). The Kier molecular flexibility index (Phi) is 6.11. The van der Waals surface area contributed by atoms with Gasteiger partial charge in [-0.2, -0.15) is 0 Å². The fourth-order valence-electron chi connectivity index (χ4n) is 2.29. The zero-order valence-corrected chi connectivity index (χ0v) is 14.4. The van der Waals surface area contributed by atoms with E-state index in [1.54, 1.807) is 54.6 Å². The molecule has 3 N–H and O–H groups in total. The molecule has 0 saturated carbocycles. The van der Waals surface area contributed by atoms with Gasteiger partial charge in [0.05, 0.1) is 10.6 Å². The number of benzene rings is 2. The Morgan fingerprint density at radius 2 is 1.71 bits per heavy atom. The van der Waals surface area contributed by atoms with E-state index in [9.17, 15) is 13.2 Å². The van der Waals surface area contributed by atoms with Crippen molar-refractivity contribution < 1.29 is 13.2 Å². The predicted molar refractivity (Wildman–Crippen MR) is 94.4 cm³/mol. The third-order valence-electron chi connectivity index (χ3n) is 3.60. The van der Waals surface area contributed by atoms with Crippen LogP contribution in [0.4, 0.5) is 0 Å². The zero-order valence-electron chi connectivity index (χ0n) is 13.6. The summed E-state index contributed by atoms with van der Waals surface area (Å²) in [6, 6.07) is 15.0. The minimum absolute atomic E-state index is 0.000924. The molecular formula is C18H22N2O3S. The molecule has 6 heteroatoms. The van der Waals surface area contributed by atoms with Crippen molar-refractivity contribution in [2.45, 2.75) is 30.0 Å². The molecule has 1 amide bonds. The summed E-state index contributed by atoms with van der Waals surface area (Å²) >= 11 is 0. The lowest BCUT2D eigenvalue weighted by Crippen LogP contribution is -2.29. The van der Waals surface area contributed by atoms with E-state index >= 15 is 0 Å². The highest BCUT2D eigenvalue weighted by Crippen LogP contribution is 2.19. The van der Waals surface area contributed by atoms with E-state index in [1.165, 1.54) is 0 Å². The first kappa shape index (κ1) is 18.2. The van der Waals surface area contributed by atoms with Crippen molar-refractivity contribution in [1.29, 1.82) is 0 Å². The van der Waals surface area contributed by atoms with Crippen LogP contribution in [-0.2, 0) is 15.6 Å². The summed E-state index contributed by atoms with van der Waals surface area (Å²) < 4.78 is 25.1. The summed E-state index contributed by atoms with van der Waals surface area (Å²) in [5.41, 5.74) is 6.53. The van der Waals surface area contributed by atoms with Crippen LogP contribution in [0.3, 0.4) is 0 Å². The number of carbonyl (C=O) groups excluding carboxylic acids is 1. The van der Waals surface area contributed by atoms with E-state index in [0.717, 1.165) is 0 Å². The summed E-state index contributed by atoms with van der Waals surface area (Å²) in [7, 11) is -3.50. The SMILES string of the molecule is CC(N)CCNC(=O)c1ccccc1CS(=O)(=O)c1ccccc1. The molecule has 1 atom stereocenters. The highest BCUT2D eigenvalue weighted by atomic mass is 32.2. The van der Waals surface area contributed by atoms with Gasteiger partial charge in [0, 0.05) is 18.2 Å². The average Bonchev–Trinajstić information content (AvgIpc) is 2.55. The molecule has 2 aromatic carbocycles. The highest BCUT2D eigenvalue weighted by molar-refractivity contribution is 7.90. The number of hydrogen-bond acceptors (Lipinski definition) is 4. The van der Waals surface area contributed by atoms with Crippen molar-refractivity contribution in [1.82, 2.24) is 5.32 Å². The Balaban J connectivity index is 2.18. The normalized spacial score (nSPS) is 12.6. The maximum Gasteiger partial charge on any atom is 0.251 e. The largest absolute Gasteiger partial charge is 0.352 e. The minimum atomic E-state index is -3.50. The van der Waals surface area contributed by atoms with Gasteiger partial charge < -0.3 is 11.1 Å². The Hall–Kier alpha value is -2.18. The van der Waals surface area contributed by atoms with Crippen LogP contribution >= 0.6 is 0 Å². The van der Waals surface area contributed by atoms with Crippen molar-refractivity contribution >= 4 is 15.7 Å². The maximum absolute atomic E-state index is 12.5. The number of hydrogen-bond donors (Lipinski definition) is 2. The fourth-order valence-corrected chi connectivity index (χ4v) is 3.69. The first-order valence-corrected chi connectivity index (χ1v) is 9.45. The zero-order chi connectivity index (χ0) is 17.6. The summed E-state index contributed by atoms with van der Waals surface area (Å²) in [4.78, 5) is 12.6. The first-order valence-electron chi connectivity index (χ1n) is 7.79. The molecule has 0 radical (unpaired) electrons. The van der Waals surface area contributed by atoms with Crippen molar-refractivity contribution in [2.75, 3.05) is 6.54 Å². The Labute approximate surface area is 142 Å². The molecule has 0 bridgehead atoms. The molecule has 128 valence electrons. The summed E-state index contributed by atoms with van der Waals surface area (Å²) in [5.74, 6) is -0.497. The van der Waals surface area contributed by atoms with Crippen LogP contribution in [0.2, 0.25) is 0 Å². The molecular weight excluding hydrogens is 324 g/mol. The molecule has 0 aliphatic rings. The Bertz CT molecular complexity index is 787. The summed E-state index contributed by atoms with van der Waals surface area (Å²) in [6.07, 6.45) is 0.663. The number of rotatable bonds is 7. The monoisotopic (exact) mass is 346 g/mol. The molecule has 0 fully saturated rings. The lowest BCUT2D eigenvalue weighted by molar-refractivity contribution is 0.0952. The van der Waals surface area contributed by atoms with Gasteiger partial charge in [-0.3, -0.25) is 4.79 Å². The van der Waals surface area contributed by atoms with Crippen molar-refractivity contribution in [3.63, 3.8) is 0 Å². The minimum Gasteiger partial charge on any atom is -0.352 e. The molecule has 24 heavy (non-hydrogen) atoms. The van der Waals surface area contributed by atoms with E-state index < -0.39 is 9.84 Å². The van der Waals surface area contributed by atoms with E-state index in [0.29, 0.717) is 24.1 Å². The number of carbonyl (C=O) groups is 1. The lowest BCUT2D eigenvalue weighted by Gasteiger charge is -2.11. The topological polar surface area (TPSA) is 89.3 Å². The summed E-state index contributed by atoms with van der Waals surface area (Å²) in [5, 5.41) is 2.78. The second kappa shape index (κ2) is 8.08. The van der Waals surface area contributed by atoms with Gasteiger partial charge >= 0.3 is 0 Å². The number of nitrogens with two attached hydrogens (primary N) is 1. The van der Waals surface area contributed by atoms with Crippen molar-refractivity contribution in [3.8, 4) is 0 Å². The van der Waals surface area contributed by atoms with E-state index in [2.05, 4.69) is 5.32 Å². The molecule has 0 saturated heterocycles. The van der Waals surface area contributed by atoms with Crippen LogP contribution in [0.15, 0.2) is 59.5 Å². The number of sulfone groups is 1. The third kappa shape index (κ3) is 4.91. The number of nitrogens with one attached hydrogen (secondary N) is 1. The molecule has 5 nitrogen and oxygen atoms in total. The van der Waals surface area contributed by atoms with Crippen LogP contribution in [0.5, 0.6) is 0 Å². The van der Waals surface area contributed by atoms with Crippen LogP contribution in [0.1, 0.15) is 29.3 Å². The van der Waals surface area contributed by atoms with E-state index in [1.807, 2.05) is 6.92 Å². The van der Waals surface area contributed by atoms with Gasteiger partial charge in [0.1, 0.15) is 0 Å². The maximum atomic E-state index is 12.5. The average molecular weight is 346 g/mol. The van der Waals surface area contributed by atoms with E-state index in [4.69, 9.17) is 5.73 Å². The van der Waals surface area contributed by atoms with Crippen LogP contribution in [0.25, 0.3) is 0 Å². The molecule has 0 aliphatic carbocycles. The van der Waals surface area contributed by atoms with Gasteiger partial charge in [0.2, 0.25) is 0 Å². The lowest BCUT2D eigenvalue weighted by atomic mass is 10.1. The van der Waals surface area contributed by atoms with Gasteiger partial charge in [0.25, 0.3) is 5.91 Å². The van der Waals surface area contributed by atoms with Gasteiger partial charge in [-0.25, -0.2) is 8.42 Å². The fraction of sp³-hybridized carbons (Fsp3) is 0.278. The molecule has 2 aromatic rings. The predicted octanol–water partition coefficient (Wildman–Crippen LogP) is 2.13. The Morgan fingerprint density at radius 3 is 2.38 bits per heavy atom. The highest BCUT2D eigenvalue weighted by Gasteiger charge is 2.19. The van der Waals surface area contributed by atoms with Crippen molar-refractivity contribution in [2.24, 2.45) is 5.73 Å². The molecule has 0 heterocycles. The molecule has 2 rings (SSSR count). The van der Waals surface area contributed by atoms with Crippen LogP contribution < -0.4 is 11.1 Å². The smallest absolute Gasteiger partial charge is 0.251 e. The second-order valence-corrected chi connectivity index (χ2v) is 7.74. The van der Waals surface area contributed by atoms with Gasteiger partial charge in [-0.1, -0.05) is 36.4 Å². The van der Waals surface area contributed by atoms with Gasteiger partial charge in [-0.05, 0) is 37.1 Å².